The minimum atomic E-state index is -0.174. The second-order valence-electron chi connectivity index (χ2n) is 4.69. The molecule has 0 bridgehead atoms. The van der Waals surface area contributed by atoms with Gasteiger partial charge in [0.05, 0.1) is 0 Å². The summed E-state index contributed by atoms with van der Waals surface area (Å²) < 4.78 is 12.8. The number of nitrogens with two attached hydrogens (primary N) is 1. The second-order valence-corrected chi connectivity index (χ2v) is 4.69. The maximum absolute atomic E-state index is 12.8. The van der Waals surface area contributed by atoms with Crippen LogP contribution in [0.5, 0.6) is 0 Å². The first-order valence-electron chi connectivity index (χ1n) is 6.73. The fourth-order valence-electron chi connectivity index (χ4n) is 2.15. The monoisotopic (exact) mass is 237 g/mol. The van der Waals surface area contributed by atoms with Crippen LogP contribution in [-0.2, 0) is 0 Å². The van der Waals surface area contributed by atoms with Gasteiger partial charge in [0.1, 0.15) is 5.82 Å². The average Bonchev–Trinajstić information content (AvgIpc) is 2.35. The van der Waals surface area contributed by atoms with Gasteiger partial charge in [-0.3, -0.25) is 0 Å². The van der Waals surface area contributed by atoms with Crippen LogP contribution in [0.2, 0.25) is 0 Å². The van der Waals surface area contributed by atoms with Gasteiger partial charge in [0.2, 0.25) is 0 Å². The van der Waals surface area contributed by atoms with Crippen LogP contribution < -0.4 is 5.73 Å². The molecule has 0 aliphatic rings. The van der Waals surface area contributed by atoms with Crippen LogP contribution in [0.3, 0.4) is 0 Å². The van der Waals surface area contributed by atoms with E-state index in [9.17, 15) is 4.39 Å². The van der Waals surface area contributed by atoms with Crippen LogP contribution in [-0.4, -0.2) is 6.54 Å². The van der Waals surface area contributed by atoms with E-state index < -0.39 is 0 Å². The van der Waals surface area contributed by atoms with Crippen LogP contribution in [0.15, 0.2) is 24.3 Å². The van der Waals surface area contributed by atoms with Gasteiger partial charge in [-0.2, -0.15) is 0 Å². The third-order valence-corrected chi connectivity index (χ3v) is 3.28. The van der Waals surface area contributed by atoms with Crippen molar-refractivity contribution in [2.24, 2.45) is 5.73 Å². The minimum absolute atomic E-state index is 0.174. The summed E-state index contributed by atoms with van der Waals surface area (Å²) in [7, 11) is 0. The Kier molecular flexibility index (Phi) is 6.87. The number of rotatable bonds is 8. The summed E-state index contributed by atoms with van der Waals surface area (Å²) in [5.74, 6) is 0.213. The van der Waals surface area contributed by atoms with E-state index in [2.05, 4.69) is 6.92 Å². The molecule has 1 rings (SSSR count). The zero-order chi connectivity index (χ0) is 12.5. The Labute approximate surface area is 104 Å². The lowest BCUT2D eigenvalue weighted by Crippen LogP contribution is -2.12. The molecule has 1 aromatic carbocycles. The average molecular weight is 237 g/mol. The van der Waals surface area contributed by atoms with Gasteiger partial charge in [0, 0.05) is 0 Å². The molecule has 2 N–H and O–H groups in total. The van der Waals surface area contributed by atoms with E-state index in [0.29, 0.717) is 12.5 Å². The molecule has 0 saturated carbocycles. The van der Waals surface area contributed by atoms with Gasteiger partial charge in [-0.1, -0.05) is 51.2 Å². The van der Waals surface area contributed by atoms with Crippen molar-refractivity contribution in [2.45, 2.75) is 51.4 Å². The van der Waals surface area contributed by atoms with E-state index >= 15 is 0 Å². The fourth-order valence-corrected chi connectivity index (χ4v) is 2.15. The standard InChI is InChI=1S/C15H24FN/c1-2-3-4-5-6-7-14(12-17)13-8-10-15(16)11-9-13/h8-11,14H,2-7,12,17H2,1H3. The quantitative estimate of drug-likeness (QED) is 0.673. The zero-order valence-corrected chi connectivity index (χ0v) is 10.8. The lowest BCUT2D eigenvalue weighted by molar-refractivity contribution is 0.548. The van der Waals surface area contributed by atoms with Crippen molar-refractivity contribution in [1.82, 2.24) is 0 Å². The van der Waals surface area contributed by atoms with Gasteiger partial charge in [0.25, 0.3) is 0 Å². The number of halogens is 1. The molecular weight excluding hydrogens is 213 g/mol. The molecule has 96 valence electrons. The highest BCUT2D eigenvalue weighted by Crippen LogP contribution is 2.22. The molecule has 0 heterocycles. The Hall–Kier alpha value is -0.890. The predicted octanol–water partition coefficient (Wildman–Crippen LogP) is 4.23. The van der Waals surface area contributed by atoms with Crippen molar-refractivity contribution in [1.29, 1.82) is 0 Å². The van der Waals surface area contributed by atoms with Gasteiger partial charge in [-0.15, -0.1) is 0 Å². The molecule has 1 unspecified atom stereocenters. The highest BCUT2D eigenvalue weighted by molar-refractivity contribution is 5.20. The molecule has 0 saturated heterocycles. The van der Waals surface area contributed by atoms with Crippen molar-refractivity contribution in [3.8, 4) is 0 Å². The summed E-state index contributed by atoms with van der Waals surface area (Å²) in [4.78, 5) is 0. The summed E-state index contributed by atoms with van der Waals surface area (Å²) in [6, 6.07) is 6.77. The second kappa shape index (κ2) is 8.24. The van der Waals surface area contributed by atoms with Crippen LogP contribution in [0.4, 0.5) is 4.39 Å². The lowest BCUT2D eigenvalue weighted by atomic mass is 9.93. The summed E-state index contributed by atoms with van der Waals surface area (Å²) in [5, 5.41) is 0. The summed E-state index contributed by atoms with van der Waals surface area (Å²) in [6.45, 7) is 2.88. The van der Waals surface area contributed by atoms with E-state index in [4.69, 9.17) is 5.73 Å². The summed E-state index contributed by atoms with van der Waals surface area (Å²) in [6.07, 6.45) is 7.54. The van der Waals surface area contributed by atoms with E-state index in [-0.39, 0.29) is 5.82 Å². The molecule has 17 heavy (non-hydrogen) atoms. The van der Waals surface area contributed by atoms with Crippen LogP contribution in [0.25, 0.3) is 0 Å². The Balaban J connectivity index is 2.35. The van der Waals surface area contributed by atoms with E-state index in [1.807, 2.05) is 12.1 Å². The molecule has 1 atom stereocenters. The largest absolute Gasteiger partial charge is 0.330 e. The molecule has 0 aliphatic carbocycles. The van der Waals surface area contributed by atoms with Crippen LogP contribution >= 0.6 is 0 Å². The highest BCUT2D eigenvalue weighted by Gasteiger charge is 2.09. The molecule has 2 heteroatoms. The normalized spacial score (nSPS) is 12.6. The van der Waals surface area contributed by atoms with Crippen LogP contribution in [0.1, 0.15) is 56.9 Å². The van der Waals surface area contributed by atoms with Gasteiger partial charge in [0.15, 0.2) is 0 Å². The third-order valence-electron chi connectivity index (χ3n) is 3.28. The van der Waals surface area contributed by atoms with Crippen molar-refractivity contribution in [2.75, 3.05) is 6.54 Å². The molecule has 0 aliphatic heterocycles. The van der Waals surface area contributed by atoms with Crippen molar-refractivity contribution in [3.63, 3.8) is 0 Å². The van der Waals surface area contributed by atoms with E-state index in [1.165, 1.54) is 49.8 Å². The van der Waals surface area contributed by atoms with E-state index in [0.717, 1.165) is 6.42 Å². The van der Waals surface area contributed by atoms with Gasteiger partial charge in [-0.25, -0.2) is 4.39 Å². The number of benzene rings is 1. The van der Waals surface area contributed by atoms with Crippen molar-refractivity contribution < 1.29 is 4.39 Å². The van der Waals surface area contributed by atoms with Crippen molar-refractivity contribution in [3.05, 3.63) is 35.6 Å². The van der Waals surface area contributed by atoms with Gasteiger partial charge >= 0.3 is 0 Å². The topological polar surface area (TPSA) is 26.0 Å². The first-order valence-corrected chi connectivity index (χ1v) is 6.73. The molecule has 0 aromatic heterocycles. The molecule has 0 spiro atoms. The lowest BCUT2D eigenvalue weighted by Gasteiger charge is -2.15. The summed E-state index contributed by atoms with van der Waals surface area (Å²) in [5.41, 5.74) is 6.96. The fraction of sp³-hybridized carbons (Fsp3) is 0.600. The molecule has 0 fully saturated rings. The van der Waals surface area contributed by atoms with Crippen molar-refractivity contribution >= 4 is 0 Å². The molecule has 1 nitrogen and oxygen atoms in total. The Morgan fingerprint density at radius 2 is 1.71 bits per heavy atom. The maximum Gasteiger partial charge on any atom is 0.123 e. The first-order chi connectivity index (χ1) is 8.27. The predicted molar refractivity (Wildman–Crippen MR) is 71.6 cm³/mol. The van der Waals surface area contributed by atoms with Crippen LogP contribution in [0, 0.1) is 5.82 Å². The van der Waals surface area contributed by atoms with Gasteiger partial charge in [-0.05, 0) is 36.6 Å². The molecule has 1 aromatic rings. The van der Waals surface area contributed by atoms with Gasteiger partial charge < -0.3 is 5.73 Å². The Morgan fingerprint density at radius 3 is 2.29 bits per heavy atom. The maximum atomic E-state index is 12.8. The first kappa shape index (κ1) is 14.2. The third kappa shape index (κ3) is 5.31. The molecule has 0 radical (unpaired) electrons. The number of hydrogen-bond donors (Lipinski definition) is 1. The highest BCUT2D eigenvalue weighted by atomic mass is 19.1. The smallest absolute Gasteiger partial charge is 0.123 e. The SMILES string of the molecule is CCCCCCCC(CN)c1ccc(F)cc1. The Bertz CT molecular complexity index is 294. The van der Waals surface area contributed by atoms with E-state index in [1.54, 1.807) is 0 Å². The minimum Gasteiger partial charge on any atom is -0.330 e. The number of unbranched alkanes of at least 4 members (excludes halogenated alkanes) is 4. The Morgan fingerprint density at radius 1 is 1.06 bits per heavy atom. The number of hydrogen-bond acceptors (Lipinski definition) is 1. The molecule has 0 amide bonds. The molecular formula is C15H24FN. The summed E-state index contributed by atoms with van der Waals surface area (Å²) >= 11 is 0. The zero-order valence-electron chi connectivity index (χ0n) is 10.8.